The molecule has 0 radical (unpaired) electrons. The highest BCUT2D eigenvalue weighted by Crippen LogP contribution is 2.55. The lowest BCUT2D eigenvalue weighted by atomic mass is 10.1. The predicted molar refractivity (Wildman–Crippen MR) is 145 cm³/mol. The summed E-state index contributed by atoms with van der Waals surface area (Å²) in [5.74, 6) is -0.780. The molecule has 44 heavy (non-hydrogen) atoms. The van der Waals surface area contributed by atoms with Gasteiger partial charge >= 0.3 is 15.6 Å². The van der Waals surface area contributed by atoms with Crippen LogP contribution in [-0.4, -0.2) is 91.6 Å². The first-order valence-electron chi connectivity index (χ1n) is 13.2. The standard InChI is InChI=1S/C21H26N10O11P2/c22-16-12-17(25-5-24-16)31(7-26-12)20-14(32)15-11(40-20)4-39-43(34,35)41-10-2-9(1-8(10)3-38-44(36,37)42-15)30-6-27-13-18(30)28-21(23)29-19(13)33/h5-11,14-15,20,32H,1-4H2,(H,34,35)(H,36,37)(H2,22,24,25)(H3,23,28,29,33)/t8-,9-,10-,11-,14+,15?,20-/m1/s1. The van der Waals surface area contributed by atoms with Gasteiger partial charge in [-0.3, -0.25) is 32.4 Å². The summed E-state index contributed by atoms with van der Waals surface area (Å²) >= 11 is 0. The minimum Gasteiger partial charge on any atom is -0.386 e. The number of nitrogens with zero attached hydrogens (tertiary/aromatic N) is 7. The first-order chi connectivity index (χ1) is 20.9. The summed E-state index contributed by atoms with van der Waals surface area (Å²) < 4.78 is 56.4. The number of ether oxygens (including phenoxy) is 1. The van der Waals surface area contributed by atoms with E-state index in [-0.39, 0.29) is 46.9 Å². The van der Waals surface area contributed by atoms with Crippen LogP contribution in [0, 0.1) is 5.92 Å². The fourth-order valence-corrected chi connectivity index (χ4v) is 7.82. The zero-order valence-electron chi connectivity index (χ0n) is 22.4. The highest BCUT2D eigenvalue weighted by atomic mass is 31.2. The Morgan fingerprint density at radius 2 is 1.64 bits per heavy atom. The van der Waals surface area contributed by atoms with Crippen LogP contribution < -0.4 is 17.0 Å². The molecule has 3 fully saturated rings. The number of H-pyrrole nitrogens is 1. The van der Waals surface area contributed by atoms with Crippen molar-refractivity contribution in [3.8, 4) is 0 Å². The number of fused-ring (bicyclic) bond motifs is 4. The number of aromatic nitrogens is 8. The SMILES string of the molecule is Nc1nc2c(ncn2[C@@H]2C[C@@H]3COP(=O)(O)OC4[C@@H](COP(=O)(O)O[C@@H]3C2)O[C@@H](n2cnc3c(N)ncnc32)[C@H]4O)c(=O)[nH]1. The minimum absolute atomic E-state index is 0.0368. The van der Waals surface area contributed by atoms with Crippen molar-refractivity contribution < 1.29 is 46.9 Å². The second kappa shape index (κ2) is 10.6. The normalized spacial score (nSPS) is 36.6. The third-order valence-electron chi connectivity index (χ3n) is 7.80. The van der Waals surface area contributed by atoms with Crippen molar-refractivity contribution in [3.63, 3.8) is 0 Å². The van der Waals surface area contributed by atoms with E-state index >= 15 is 0 Å². The van der Waals surface area contributed by atoms with E-state index in [0.717, 1.165) is 0 Å². The number of rotatable bonds is 2. The van der Waals surface area contributed by atoms with Crippen LogP contribution in [0.2, 0.25) is 0 Å². The lowest BCUT2D eigenvalue weighted by Crippen LogP contribution is -2.36. The Hall–Kier alpha value is -3.36. The van der Waals surface area contributed by atoms with Crippen molar-refractivity contribution in [2.24, 2.45) is 5.92 Å². The van der Waals surface area contributed by atoms with Crippen molar-refractivity contribution in [1.29, 1.82) is 0 Å². The molecule has 21 nitrogen and oxygen atoms in total. The molecule has 1 saturated carbocycles. The summed E-state index contributed by atoms with van der Waals surface area (Å²) in [5, 5.41) is 11.1. The summed E-state index contributed by atoms with van der Waals surface area (Å²) in [4.78, 5) is 56.2. The molecule has 0 bridgehead atoms. The molecule has 236 valence electrons. The zero-order valence-corrected chi connectivity index (χ0v) is 24.2. The van der Waals surface area contributed by atoms with Crippen molar-refractivity contribution in [2.45, 2.75) is 49.5 Å². The number of hydrogen-bond acceptors (Lipinski definition) is 16. The number of anilines is 2. The third-order valence-corrected chi connectivity index (χ3v) is 9.79. The summed E-state index contributed by atoms with van der Waals surface area (Å²) in [6.45, 7) is -1.13. The van der Waals surface area contributed by atoms with E-state index in [2.05, 4.69) is 29.9 Å². The summed E-state index contributed by atoms with van der Waals surface area (Å²) in [6, 6.07) is -0.482. The van der Waals surface area contributed by atoms with Crippen LogP contribution in [0.25, 0.3) is 22.3 Å². The number of aliphatic hydroxyl groups excluding tert-OH is 1. The van der Waals surface area contributed by atoms with Crippen molar-refractivity contribution in [1.82, 2.24) is 39.0 Å². The Morgan fingerprint density at radius 3 is 2.45 bits per heavy atom. The second-order valence-electron chi connectivity index (χ2n) is 10.5. The average molecular weight is 656 g/mol. The lowest BCUT2D eigenvalue weighted by molar-refractivity contribution is -0.0551. The third kappa shape index (κ3) is 5.20. The van der Waals surface area contributed by atoms with Gasteiger partial charge in [0.2, 0.25) is 5.95 Å². The van der Waals surface area contributed by atoms with Crippen LogP contribution >= 0.6 is 15.6 Å². The number of nitrogens with two attached hydrogens (primary N) is 2. The van der Waals surface area contributed by atoms with Gasteiger partial charge in [0.15, 0.2) is 28.9 Å². The van der Waals surface area contributed by atoms with Crippen LogP contribution in [0.5, 0.6) is 0 Å². The summed E-state index contributed by atoms with van der Waals surface area (Å²) in [7, 11) is -9.64. The molecule has 7 rings (SSSR count). The van der Waals surface area contributed by atoms with E-state index in [1.165, 1.54) is 23.5 Å². The topological polar surface area (TPSA) is 300 Å². The molecule has 3 unspecified atom stereocenters. The highest BCUT2D eigenvalue weighted by molar-refractivity contribution is 7.47. The maximum Gasteiger partial charge on any atom is 0.472 e. The van der Waals surface area contributed by atoms with E-state index in [4.69, 9.17) is 34.3 Å². The van der Waals surface area contributed by atoms with Gasteiger partial charge in [-0.15, -0.1) is 0 Å². The van der Waals surface area contributed by atoms with Gasteiger partial charge in [0.25, 0.3) is 5.56 Å². The van der Waals surface area contributed by atoms with Gasteiger partial charge in [-0.05, 0) is 12.8 Å². The zero-order chi connectivity index (χ0) is 31.0. The Morgan fingerprint density at radius 1 is 0.909 bits per heavy atom. The number of aromatic amines is 1. The Kier molecular flexibility index (Phi) is 7.09. The monoisotopic (exact) mass is 656 g/mol. The molecule has 1 aliphatic carbocycles. The number of phosphoric acid groups is 2. The molecule has 6 heterocycles. The first kappa shape index (κ1) is 29.4. The molecule has 0 amide bonds. The highest BCUT2D eigenvalue weighted by Gasteiger charge is 2.51. The molecule has 3 aliphatic rings. The number of phosphoric ester groups is 2. The molecule has 4 aromatic rings. The molecule has 2 aliphatic heterocycles. The largest absolute Gasteiger partial charge is 0.472 e. The molecule has 0 spiro atoms. The van der Waals surface area contributed by atoms with E-state index in [1.807, 2.05) is 0 Å². The van der Waals surface area contributed by atoms with Crippen LogP contribution in [-0.2, 0) is 32.0 Å². The molecule has 0 aromatic carbocycles. The van der Waals surface area contributed by atoms with Crippen LogP contribution in [0.3, 0.4) is 0 Å². The quantitative estimate of drug-likeness (QED) is 0.146. The van der Waals surface area contributed by atoms with Crippen LogP contribution in [0.1, 0.15) is 25.1 Å². The molecule has 8 N–H and O–H groups in total. The maximum atomic E-state index is 13.1. The second-order valence-corrected chi connectivity index (χ2v) is 13.4. The predicted octanol–water partition coefficient (Wildman–Crippen LogP) is -0.649. The van der Waals surface area contributed by atoms with Gasteiger partial charge in [-0.25, -0.2) is 29.1 Å². The molecular weight excluding hydrogens is 630 g/mol. The summed E-state index contributed by atoms with van der Waals surface area (Å²) in [5.41, 5.74) is 11.6. The maximum absolute atomic E-state index is 13.1. The fraction of sp³-hybridized carbons (Fsp3) is 0.524. The van der Waals surface area contributed by atoms with Gasteiger partial charge in [0.1, 0.15) is 30.2 Å². The lowest BCUT2D eigenvalue weighted by Gasteiger charge is -2.27. The van der Waals surface area contributed by atoms with Gasteiger partial charge in [0, 0.05) is 12.0 Å². The Bertz CT molecular complexity index is 1900. The molecule has 2 saturated heterocycles. The average Bonchev–Trinajstić information content (AvgIpc) is 3.72. The molecule has 4 aromatic heterocycles. The van der Waals surface area contributed by atoms with Gasteiger partial charge < -0.3 is 35.7 Å². The molecular formula is C21H26N10O11P2. The number of aliphatic hydroxyl groups is 1. The molecule has 23 heteroatoms. The Labute approximate surface area is 245 Å². The van der Waals surface area contributed by atoms with E-state index in [9.17, 15) is 28.8 Å². The van der Waals surface area contributed by atoms with Gasteiger partial charge in [-0.1, -0.05) is 0 Å². The van der Waals surface area contributed by atoms with E-state index in [0.29, 0.717) is 0 Å². The number of nitrogens with one attached hydrogen (secondary N) is 1. The van der Waals surface area contributed by atoms with Crippen molar-refractivity contribution >= 4 is 49.7 Å². The first-order valence-corrected chi connectivity index (χ1v) is 16.2. The van der Waals surface area contributed by atoms with Crippen molar-refractivity contribution in [2.75, 3.05) is 24.7 Å². The number of hydrogen-bond donors (Lipinski definition) is 6. The van der Waals surface area contributed by atoms with Crippen LogP contribution in [0.4, 0.5) is 11.8 Å². The van der Waals surface area contributed by atoms with E-state index < -0.39 is 77.0 Å². The van der Waals surface area contributed by atoms with Gasteiger partial charge in [0.05, 0.1) is 32.0 Å². The van der Waals surface area contributed by atoms with Gasteiger partial charge in [-0.2, -0.15) is 4.98 Å². The summed E-state index contributed by atoms with van der Waals surface area (Å²) in [6.07, 6.45) is -2.70. The Balaban J connectivity index is 1.15. The number of imidazole rings is 2. The van der Waals surface area contributed by atoms with Crippen LogP contribution in [0.15, 0.2) is 23.8 Å². The van der Waals surface area contributed by atoms with Crippen molar-refractivity contribution in [3.05, 3.63) is 29.3 Å². The number of nitrogen functional groups attached to an aromatic ring is 2. The smallest absolute Gasteiger partial charge is 0.386 e. The minimum atomic E-state index is -4.87. The fourth-order valence-electron chi connectivity index (χ4n) is 5.81. The van der Waals surface area contributed by atoms with E-state index in [1.54, 1.807) is 4.57 Å². The molecule has 9 atom stereocenters.